The van der Waals surface area contributed by atoms with E-state index in [-0.39, 0.29) is 18.1 Å². The zero-order valence-electron chi connectivity index (χ0n) is 10.6. The molecule has 3 nitrogen and oxygen atoms in total. The minimum Gasteiger partial charge on any atom is -0.456 e. The standard InChI is InChI=1S/C15H18O3/c1-2-3-9-12-13(16)10-14(17)18-15(12)11-7-5-4-6-8-11/h4-8,12,15H,2-3,9-10H2,1H3/t12-,15+/m1/s1. The van der Waals surface area contributed by atoms with E-state index < -0.39 is 12.1 Å². The molecule has 0 aliphatic carbocycles. The van der Waals surface area contributed by atoms with Crippen LogP contribution in [0.5, 0.6) is 0 Å². The molecule has 0 saturated carbocycles. The minimum absolute atomic E-state index is 0.0218. The zero-order chi connectivity index (χ0) is 13.0. The van der Waals surface area contributed by atoms with Gasteiger partial charge in [0.1, 0.15) is 12.5 Å². The number of ether oxygens (including phenoxy) is 1. The van der Waals surface area contributed by atoms with Crippen LogP contribution in [-0.4, -0.2) is 11.8 Å². The van der Waals surface area contributed by atoms with E-state index in [4.69, 9.17) is 4.74 Å². The number of cyclic esters (lactones) is 1. The molecule has 0 unspecified atom stereocenters. The van der Waals surface area contributed by atoms with Crippen LogP contribution in [0.3, 0.4) is 0 Å². The van der Waals surface area contributed by atoms with Gasteiger partial charge >= 0.3 is 5.97 Å². The fourth-order valence-electron chi connectivity index (χ4n) is 2.39. The number of Topliss-reactive ketones (excluding diaryl/α,β-unsaturated/α-hetero) is 1. The van der Waals surface area contributed by atoms with Crippen molar-refractivity contribution < 1.29 is 14.3 Å². The highest BCUT2D eigenvalue weighted by molar-refractivity contribution is 5.99. The van der Waals surface area contributed by atoms with Crippen LogP contribution >= 0.6 is 0 Å². The topological polar surface area (TPSA) is 43.4 Å². The predicted octanol–water partition coefficient (Wildman–Crippen LogP) is 3.05. The smallest absolute Gasteiger partial charge is 0.313 e. The number of hydrogen-bond acceptors (Lipinski definition) is 3. The fourth-order valence-corrected chi connectivity index (χ4v) is 2.39. The Morgan fingerprint density at radius 3 is 2.61 bits per heavy atom. The maximum atomic E-state index is 12.0. The summed E-state index contributed by atoms with van der Waals surface area (Å²) in [6.45, 7) is 2.09. The van der Waals surface area contributed by atoms with E-state index in [0.717, 1.165) is 24.8 Å². The van der Waals surface area contributed by atoms with Crippen molar-refractivity contribution in [2.45, 2.75) is 38.7 Å². The number of benzene rings is 1. The van der Waals surface area contributed by atoms with Crippen molar-refractivity contribution in [1.29, 1.82) is 0 Å². The highest BCUT2D eigenvalue weighted by atomic mass is 16.5. The van der Waals surface area contributed by atoms with Gasteiger partial charge < -0.3 is 4.74 Å². The number of rotatable bonds is 4. The van der Waals surface area contributed by atoms with Crippen molar-refractivity contribution >= 4 is 11.8 Å². The molecule has 18 heavy (non-hydrogen) atoms. The molecule has 1 saturated heterocycles. The van der Waals surface area contributed by atoms with E-state index in [0.29, 0.717) is 0 Å². The Kier molecular flexibility index (Phi) is 4.13. The van der Waals surface area contributed by atoms with Gasteiger partial charge in [0, 0.05) is 0 Å². The molecule has 3 heteroatoms. The Balaban J connectivity index is 2.22. The Morgan fingerprint density at radius 2 is 1.94 bits per heavy atom. The second-order valence-corrected chi connectivity index (χ2v) is 4.71. The summed E-state index contributed by atoms with van der Waals surface area (Å²) >= 11 is 0. The first-order valence-corrected chi connectivity index (χ1v) is 6.49. The Morgan fingerprint density at radius 1 is 1.22 bits per heavy atom. The maximum Gasteiger partial charge on any atom is 0.313 e. The van der Waals surface area contributed by atoms with Crippen LogP contribution in [0.15, 0.2) is 30.3 Å². The Hall–Kier alpha value is -1.64. The highest BCUT2D eigenvalue weighted by Gasteiger charge is 2.37. The van der Waals surface area contributed by atoms with Gasteiger partial charge in [-0.1, -0.05) is 50.1 Å². The first-order chi connectivity index (χ1) is 8.72. The van der Waals surface area contributed by atoms with Gasteiger partial charge in [0.05, 0.1) is 5.92 Å². The summed E-state index contributed by atoms with van der Waals surface area (Å²) in [6.07, 6.45) is 2.35. The summed E-state index contributed by atoms with van der Waals surface area (Å²) in [5, 5.41) is 0. The zero-order valence-corrected chi connectivity index (χ0v) is 10.6. The minimum atomic E-state index is -0.401. The number of hydrogen-bond donors (Lipinski definition) is 0. The highest BCUT2D eigenvalue weighted by Crippen LogP contribution is 2.35. The molecule has 0 radical (unpaired) electrons. The second kappa shape index (κ2) is 5.80. The molecule has 2 rings (SSSR count). The Bertz CT molecular complexity index is 425. The first-order valence-electron chi connectivity index (χ1n) is 6.49. The molecule has 0 spiro atoms. The van der Waals surface area contributed by atoms with Crippen LogP contribution in [0.4, 0.5) is 0 Å². The third-order valence-corrected chi connectivity index (χ3v) is 3.35. The van der Waals surface area contributed by atoms with Gasteiger partial charge in [-0.3, -0.25) is 9.59 Å². The van der Waals surface area contributed by atoms with E-state index in [1.54, 1.807) is 0 Å². The summed E-state index contributed by atoms with van der Waals surface area (Å²) in [5.41, 5.74) is 0.917. The molecule has 1 fully saturated rings. The lowest BCUT2D eigenvalue weighted by atomic mass is 9.84. The largest absolute Gasteiger partial charge is 0.456 e. The van der Waals surface area contributed by atoms with Crippen molar-refractivity contribution in [2.75, 3.05) is 0 Å². The first kappa shape index (κ1) is 12.8. The molecule has 1 aromatic carbocycles. The summed E-state index contributed by atoms with van der Waals surface area (Å²) in [6, 6.07) is 9.54. The van der Waals surface area contributed by atoms with Gasteiger partial charge in [0.2, 0.25) is 0 Å². The van der Waals surface area contributed by atoms with Crippen LogP contribution < -0.4 is 0 Å². The van der Waals surface area contributed by atoms with Crippen LogP contribution in [0.1, 0.15) is 44.3 Å². The van der Waals surface area contributed by atoms with E-state index in [1.165, 1.54) is 0 Å². The molecule has 1 aliphatic heterocycles. The summed E-state index contributed by atoms with van der Waals surface area (Å²) in [7, 11) is 0. The SMILES string of the molecule is CCCC[C@@H]1C(=O)CC(=O)O[C@H]1c1ccccc1. The third kappa shape index (κ3) is 2.78. The number of carbonyl (C=O) groups excluding carboxylic acids is 2. The van der Waals surface area contributed by atoms with Gasteiger partial charge in [-0.2, -0.15) is 0 Å². The number of carbonyl (C=O) groups is 2. The monoisotopic (exact) mass is 246 g/mol. The number of unbranched alkanes of at least 4 members (excludes halogenated alkanes) is 1. The summed E-state index contributed by atoms with van der Waals surface area (Å²) in [4.78, 5) is 23.4. The number of esters is 1. The molecule has 0 bridgehead atoms. The third-order valence-electron chi connectivity index (χ3n) is 3.35. The normalized spacial score (nSPS) is 23.8. The second-order valence-electron chi connectivity index (χ2n) is 4.71. The molecular formula is C15H18O3. The fraction of sp³-hybridized carbons (Fsp3) is 0.467. The molecule has 1 aromatic rings. The molecule has 96 valence electrons. The van der Waals surface area contributed by atoms with Gasteiger partial charge in [-0.25, -0.2) is 0 Å². The lowest BCUT2D eigenvalue weighted by Gasteiger charge is -2.30. The maximum absolute atomic E-state index is 12.0. The molecule has 0 aromatic heterocycles. The van der Waals surface area contributed by atoms with Crippen LogP contribution in [0.2, 0.25) is 0 Å². The Labute approximate surface area is 107 Å². The average molecular weight is 246 g/mol. The van der Waals surface area contributed by atoms with Gasteiger partial charge in [-0.15, -0.1) is 0 Å². The van der Waals surface area contributed by atoms with Crippen LogP contribution in [0.25, 0.3) is 0 Å². The molecule has 2 atom stereocenters. The summed E-state index contributed by atoms with van der Waals surface area (Å²) < 4.78 is 5.39. The van der Waals surface area contributed by atoms with Crippen molar-refractivity contribution in [3.05, 3.63) is 35.9 Å². The number of ketones is 1. The summed E-state index contributed by atoms with van der Waals surface area (Å²) in [5.74, 6) is -0.555. The average Bonchev–Trinajstić information content (AvgIpc) is 2.38. The van der Waals surface area contributed by atoms with Crippen molar-refractivity contribution in [3.63, 3.8) is 0 Å². The van der Waals surface area contributed by atoms with E-state index in [2.05, 4.69) is 6.92 Å². The van der Waals surface area contributed by atoms with Gasteiger partial charge in [-0.05, 0) is 12.0 Å². The predicted molar refractivity (Wildman–Crippen MR) is 67.9 cm³/mol. The van der Waals surface area contributed by atoms with E-state index >= 15 is 0 Å². The molecule has 1 aliphatic rings. The van der Waals surface area contributed by atoms with Crippen molar-refractivity contribution in [2.24, 2.45) is 5.92 Å². The molecule has 1 heterocycles. The van der Waals surface area contributed by atoms with Gasteiger partial charge in [0.25, 0.3) is 0 Å². The molecule has 0 amide bonds. The van der Waals surface area contributed by atoms with Crippen LogP contribution in [0, 0.1) is 5.92 Å². The quantitative estimate of drug-likeness (QED) is 0.605. The van der Waals surface area contributed by atoms with E-state index in [9.17, 15) is 9.59 Å². The van der Waals surface area contributed by atoms with Crippen molar-refractivity contribution in [1.82, 2.24) is 0 Å². The molecular weight excluding hydrogens is 228 g/mol. The van der Waals surface area contributed by atoms with Crippen LogP contribution in [-0.2, 0) is 14.3 Å². The van der Waals surface area contributed by atoms with Gasteiger partial charge in [0.15, 0.2) is 5.78 Å². The lowest BCUT2D eigenvalue weighted by Crippen LogP contribution is -2.34. The lowest BCUT2D eigenvalue weighted by molar-refractivity contribution is -0.164. The van der Waals surface area contributed by atoms with E-state index in [1.807, 2.05) is 30.3 Å². The molecule has 0 N–H and O–H groups in total. The van der Waals surface area contributed by atoms with Crippen molar-refractivity contribution in [3.8, 4) is 0 Å².